The average molecular weight is 368 g/mol. The summed E-state index contributed by atoms with van der Waals surface area (Å²) in [5, 5.41) is 2.01. The average Bonchev–Trinajstić information content (AvgIpc) is 3.14. The summed E-state index contributed by atoms with van der Waals surface area (Å²) in [6, 6.07) is 6.74. The molecule has 132 valence electrons. The van der Waals surface area contributed by atoms with Crippen molar-refractivity contribution in [3.63, 3.8) is 0 Å². The lowest BCUT2D eigenvalue weighted by Crippen LogP contribution is -2.34. The van der Waals surface area contributed by atoms with Crippen LogP contribution >= 0.6 is 11.3 Å². The van der Waals surface area contributed by atoms with E-state index in [1.165, 1.54) is 28.8 Å². The predicted molar refractivity (Wildman–Crippen MR) is 88.6 cm³/mol. The van der Waals surface area contributed by atoms with Gasteiger partial charge in [0.15, 0.2) is 6.61 Å². The standard InChI is InChI=1S/C17H15F3N2O2S/c18-17(19,20)11-24-15-10-13(3-6-21-15)16(23)22-7-4-12(5-8-22)14-2-1-9-25-14/h1-4,6,9-10H,5,7-8,11H2. The lowest BCUT2D eigenvalue weighted by atomic mass is 10.1. The minimum absolute atomic E-state index is 0.213. The third-order valence-electron chi connectivity index (χ3n) is 3.70. The number of alkyl halides is 3. The number of thiophene rings is 1. The first-order valence-corrected chi connectivity index (χ1v) is 8.48. The summed E-state index contributed by atoms with van der Waals surface area (Å²) < 4.78 is 41.2. The summed E-state index contributed by atoms with van der Waals surface area (Å²) in [6.07, 6.45) is -0.419. The third-order valence-corrected chi connectivity index (χ3v) is 4.64. The van der Waals surface area contributed by atoms with Gasteiger partial charge >= 0.3 is 6.18 Å². The van der Waals surface area contributed by atoms with Crippen LogP contribution in [0, 0.1) is 0 Å². The molecule has 0 spiro atoms. The SMILES string of the molecule is O=C(c1ccnc(OCC(F)(F)F)c1)N1CC=C(c2cccs2)CC1. The molecule has 0 aliphatic carbocycles. The number of ether oxygens (including phenoxy) is 1. The van der Waals surface area contributed by atoms with Gasteiger partial charge in [0.05, 0.1) is 0 Å². The Balaban J connectivity index is 1.65. The van der Waals surface area contributed by atoms with Crippen molar-refractivity contribution in [2.75, 3.05) is 19.7 Å². The van der Waals surface area contributed by atoms with Crippen LogP contribution in [-0.2, 0) is 0 Å². The molecule has 0 radical (unpaired) electrons. The highest BCUT2D eigenvalue weighted by atomic mass is 32.1. The number of rotatable bonds is 4. The van der Waals surface area contributed by atoms with Crippen LogP contribution in [0.25, 0.3) is 5.57 Å². The van der Waals surface area contributed by atoms with Crippen molar-refractivity contribution in [1.29, 1.82) is 0 Å². The van der Waals surface area contributed by atoms with Gasteiger partial charge in [0.2, 0.25) is 5.88 Å². The van der Waals surface area contributed by atoms with E-state index in [9.17, 15) is 18.0 Å². The van der Waals surface area contributed by atoms with Crippen LogP contribution in [0.3, 0.4) is 0 Å². The van der Waals surface area contributed by atoms with Crippen LogP contribution in [-0.4, -0.2) is 41.7 Å². The molecule has 4 nitrogen and oxygen atoms in total. The van der Waals surface area contributed by atoms with Crippen LogP contribution < -0.4 is 4.74 Å². The second-order valence-electron chi connectivity index (χ2n) is 5.49. The monoisotopic (exact) mass is 368 g/mol. The summed E-state index contributed by atoms with van der Waals surface area (Å²) in [7, 11) is 0. The lowest BCUT2D eigenvalue weighted by molar-refractivity contribution is -0.154. The zero-order chi connectivity index (χ0) is 17.9. The molecule has 1 amide bonds. The van der Waals surface area contributed by atoms with Crippen molar-refractivity contribution in [1.82, 2.24) is 9.88 Å². The Bertz CT molecular complexity index is 772. The molecule has 0 aromatic carbocycles. The molecule has 3 rings (SSSR count). The minimum Gasteiger partial charge on any atom is -0.468 e. The third kappa shape index (κ3) is 4.60. The second-order valence-corrected chi connectivity index (χ2v) is 6.44. The Morgan fingerprint density at radius 3 is 2.84 bits per heavy atom. The van der Waals surface area contributed by atoms with Crippen molar-refractivity contribution < 1.29 is 22.7 Å². The molecule has 0 fully saturated rings. The molecule has 0 unspecified atom stereocenters. The van der Waals surface area contributed by atoms with Crippen LogP contribution in [0.2, 0.25) is 0 Å². The van der Waals surface area contributed by atoms with E-state index in [1.54, 1.807) is 16.2 Å². The largest absolute Gasteiger partial charge is 0.468 e. The maximum absolute atomic E-state index is 12.5. The van der Waals surface area contributed by atoms with E-state index in [0.29, 0.717) is 13.1 Å². The molecule has 0 atom stereocenters. The van der Waals surface area contributed by atoms with E-state index >= 15 is 0 Å². The van der Waals surface area contributed by atoms with Crippen molar-refractivity contribution >= 4 is 22.8 Å². The number of halogens is 3. The molecule has 3 heterocycles. The number of pyridine rings is 1. The topological polar surface area (TPSA) is 42.4 Å². The highest BCUT2D eigenvalue weighted by molar-refractivity contribution is 7.11. The molecule has 2 aromatic rings. The fourth-order valence-corrected chi connectivity index (χ4v) is 3.30. The van der Waals surface area contributed by atoms with Crippen LogP contribution in [0.1, 0.15) is 21.7 Å². The maximum Gasteiger partial charge on any atom is 0.422 e. The van der Waals surface area contributed by atoms with Gasteiger partial charge in [0, 0.05) is 35.8 Å². The normalized spacial score (nSPS) is 15.0. The second kappa shape index (κ2) is 7.26. The Kier molecular flexibility index (Phi) is 5.08. The number of hydrogen-bond donors (Lipinski definition) is 0. The van der Waals surface area contributed by atoms with Gasteiger partial charge in [-0.05, 0) is 29.5 Å². The number of nitrogens with zero attached hydrogens (tertiary/aromatic N) is 2. The van der Waals surface area contributed by atoms with Gasteiger partial charge in [-0.3, -0.25) is 4.79 Å². The van der Waals surface area contributed by atoms with E-state index in [1.807, 2.05) is 23.6 Å². The van der Waals surface area contributed by atoms with Gasteiger partial charge in [-0.2, -0.15) is 13.2 Å². The maximum atomic E-state index is 12.5. The van der Waals surface area contributed by atoms with E-state index in [2.05, 4.69) is 9.72 Å². The molecule has 2 aromatic heterocycles. The molecule has 8 heteroatoms. The Morgan fingerprint density at radius 2 is 2.20 bits per heavy atom. The fraction of sp³-hybridized carbons (Fsp3) is 0.294. The van der Waals surface area contributed by atoms with Crippen LogP contribution in [0.4, 0.5) is 13.2 Å². The number of amides is 1. The van der Waals surface area contributed by atoms with Crippen molar-refractivity contribution in [3.05, 3.63) is 52.4 Å². The van der Waals surface area contributed by atoms with Gasteiger partial charge in [0.25, 0.3) is 5.91 Å². The molecule has 0 saturated carbocycles. The quantitative estimate of drug-likeness (QED) is 0.819. The predicted octanol–water partition coefficient (Wildman–Crippen LogP) is 4.01. The van der Waals surface area contributed by atoms with E-state index < -0.39 is 12.8 Å². The highest BCUT2D eigenvalue weighted by Gasteiger charge is 2.29. The summed E-state index contributed by atoms with van der Waals surface area (Å²) >= 11 is 1.66. The van der Waals surface area contributed by atoms with Crippen LogP contribution in [0.5, 0.6) is 5.88 Å². The Labute approximate surface area is 146 Å². The number of carbonyl (C=O) groups is 1. The summed E-state index contributed by atoms with van der Waals surface area (Å²) in [4.78, 5) is 19.1. The molecule has 25 heavy (non-hydrogen) atoms. The zero-order valence-electron chi connectivity index (χ0n) is 13.1. The first-order chi connectivity index (χ1) is 11.9. The Hall–Kier alpha value is -2.35. The molecular formula is C17H15F3N2O2S. The molecule has 0 saturated heterocycles. The number of carbonyl (C=O) groups excluding carboxylic acids is 1. The number of aromatic nitrogens is 1. The van der Waals surface area contributed by atoms with Gasteiger partial charge in [0.1, 0.15) is 0 Å². The van der Waals surface area contributed by atoms with E-state index in [0.717, 1.165) is 6.42 Å². The highest BCUT2D eigenvalue weighted by Crippen LogP contribution is 2.27. The van der Waals surface area contributed by atoms with Gasteiger partial charge in [-0.1, -0.05) is 12.1 Å². The first-order valence-electron chi connectivity index (χ1n) is 7.60. The summed E-state index contributed by atoms with van der Waals surface area (Å²) in [6.45, 7) is -0.412. The van der Waals surface area contributed by atoms with Crippen molar-refractivity contribution in [2.24, 2.45) is 0 Å². The Morgan fingerprint density at radius 1 is 1.36 bits per heavy atom. The smallest absolute Gasteiger partial charge is 0.422 e. The number of hydrogen-bond acceptors (Lipinski definition) is 4. The van der Waals surface area contributed by atoms with Gasteiger partial charge in [-0.15, -0.1) is 11.3 Å². The molecule has 1 aliphatic rings. The van der Waals surface area contributed by atoms with Gasteiger partial charge in [-0.25, -0.2) is 4.98 Å². The van der Waals surface area contributed by atoms with E-state index in [-0.39, 0.29) is 17.4 Å². The lowest BCUT2D eigenvalue weighted by Gasteiger charge is -2.26. The molecule has 1 aliphatic heterocycles. The fourth-order valence-electron chi connectivity index (χ4n) is 2.50. The minimum atomic E-state index is -4.45. The molecule has 0 N–H and O–H groups in total. The van der Waals surface area contributed by atoms with Crippen molar-refractivity contribution in [2.45, 2.75) is 12.6 Å². The van der Waals surface area contributed by atoms with Crippen molar-refractivity contribution in [3.8, 4) is 5.88 Å². The van der Waals surface area contributed by atoms with Crippen LogP contribution in [0.15, 0.2) is 41.9 Å². The molecular weight excluding hydrogens is 353 g/mol. The summed E-state index contributed by atoms with van der Waals surface area (Å²) in [5.41, 5.74) is 1.48. The van der Waals surface area contributed by atoms with Gasteiger partial charge < -0.3 is 9.64 Å². The first kappa shape index (κ1) is 17.5. The molecule has 0 bridgehead atoms. The summed E-state index contributed by atoms with van der Waals surface area (Å²) in [5.74, 6) is -0.462. The van der Waals surface area contributed by atoms with E-state index in [4.69, 9.17) is 0 Å². The zero-order valence-corrected chi connectivity index (χ0v) is 13.9.